The van der Waals surface area contributed by atoms with Gasteiger partial charge in [-0.3, -0.25) is 9.20 Å². The Bertz CT molecular complexity index is 1260. The lowest BCUT2D eigenvalue weighted by Gasteiger charge is -2.09. The van der Waals surface area contributed by atoms with Gasteiger partial charge in [-0.25, -0.2) is 9.37 Å². The molecule has 0 unspecified atom stereocenters. The van der Waals surface area contributed by atoms with Crippen molar-refractivity contribution in [3.8, 4) is 11.4 Å². The van der Waals surface area contributed by atoms with Gasteiger partial charge < -0.3 is 14.9 Å². The molecule has 3 aromatic heterocycles. The molecule has 0 bridgehead atoms. The number of nitrogens with zero attached hydrogens (tertiary/aromatic N) is 4. The van der Waals surface area contributed by atoms with E-state index in [1.54, 1.807) is 28.8 Å². The van der Waals surface area contributed by atoms with Gasteiger partial charge >= 0.3 is 0 Å². The van der Waals surface area contributed by atoms with Crippen LogP contribution in [0.1, 0.15) is 39.8 Å². The number of pyridine rings is 1. The average molecular weight is 407 g/mol. The summed E-state index contributed by atoms with van der Waals surface area (Å²) in [6, 6.07) is 8.88. The van der Waals surface area contributed by atoms with Crippen molar-refractivity contribution in [3.05, 3.63) is 65.4 Å². The molecular formula is C21H18FN5O3. The lowest BCUT2D eigenvalue weighted by Crippen LogP contribution is -2.15. The van der Waals surface area contributed by atoms with Gasteiger partial charge in [-0.15, -0.1) is 0 Å². The number of nitrogens with one attached hydrogen (secondary N) is 1. The van der Waals surface area contributed by atoms with Gasteiger partial charge in [-0.05, 0) is 42.7 Å². The normalized spacial score (nSPS) is 18.0. The quantitative estimate of drug-likeness (QED) is 0.526. The Morgan fingerprint density at radius 1 is 1.37 bits per heavy atom. The predicted molar refractivity (Wildman–Crippen MR) is 106 cm³/mol. The van der Waals surface area contributed by atoms with Crippen molar-refractivity contribution < 1.29 is 18.8 Å². The second-order valence-corrected chi connectivity index (χ2v) is 7.36. The maximum atomic E-state index is 13.2. The molecule has 2 N–H and O–H groups in total. The summed E-state index contributed by atoms with van der Waals surface area (Å²) in [6.45, 7) is 1.78. The molecular weight excluding hydrogens is 389 g/mol. The third-order valence-electron chi connectivity index (χ3n) is 5.21. The van der Waals surface area contributed by atoms with E-state index in [0.29, 0.717) is 46.3 Å². The van der Waals surface area contributed by atoms with Crippen LogP contribution in [0.25, 0.3) is 17.0 Å². The Kier molecular flexibility index (Phi) is 4.32. The summed E-state index contributed by atoms with van der Waals surface area (Å²) in [5.41, 5.74) is 3.77. The molecule has 5 rings (SSSR count). The zero-order valence-electron chi connectivity index (χ0n) is 16.0. The van der Waals surface area contributed by atoms with E-state index in [1.807, 2.05) is 19.1 Å². The number of imidazole rings is 1. The number of aliphatic hydroxyl groups excluding tert-OH is 1. The maximum Gasteiger partial charge on any atom is 0.274 e. The Morgan fingerprint density at radius 2 is 2.20 bits per heavy atom. The molecule has 1 aromatic carbocycles. The molecule has 1 amide bonds. The summed E-state index contributed by atoms with van der Waals surface area (Å²) in [6.07, 6.45) is 2.68. The summed E-state index contributed by atoms with van der Waals surface area (Å²) in [7, 11) is 0. The van der Waals surface area contributed by atoms with Crippen molar-refractivity contribution in [1.29, 1.82) is 0 Å². The SMILES string of the molecule is Cc1ccc(-c2noc([C@@H]3C[C@H]3F)n2)cc1NC(=O)c1cnc2cc(CO)ccn12. The molecule has 1 saturated carbocycles. The number of hydrogen-bond acceptors (Lipinski definition) is 6. The van der Waals surface area contributed by atoms with Crippen LogP contribution in [0.15, 0.2) is 47.2 Å². The topological polar surface area (TPSA) is 106 Å². The minimum absolute atomic E-state index is 0.0958. The van der Waals surface area contributed by atoms with Crippen molar-refractivity contribution in [2.45, 2.75) is 32.0 Å². The minimum Gasteiger partial charge on any atom is -0.392 e. The number of benzene rings is 1. The number of alkyl halides is 1. The zero-order valence-corrected chi connectivity index (χ0v) is 16.0. The number of halogens is 1. The molecule has 1 fully saturated rings. The highest BCUT2D eigenvalue weighted by atomic mass is 19.1. The first kappa shape index (κ1) is 18.4. The number of carbonyl (C=O) groups excluding carboxylic acids is 1. The van der Waals surface area contributed by atoms with Gasteiger partial charge in [0.15, 0.2) is 0 Å². The van der Waals surface area contributed by atoms with Gasteiger partial charge in [0.2, 0.25) is 11.7 Å². The Balaban J connectivity index is 1.41. The number of aliphatic hydroxyl groups is 1. The smallest absolute Gasteiger partial charge is 0.274 e. The van der Waals surface area contributed by atoms with Crippen LogP contribution in [0, 0.1) is 6.92 Å². The Labute approximate surface area is 170 Å². The molecule has 9 heteroatoms. The summed E-state index contributed by atoms with van der Waals surface area (Å²) < 4.78 is 20.1. The van der Waals surface area contributed by atoms with Gasteiger partial charge in [0.1, 0.15) is 17.5 Å². The molecule has 4 aromatic rings. The summed E-state index contributed by atoms with van der Waals surface area (Å²) in [4.78, 5) is 21.4. The standard InChI is InChI=1S/C21H18FN5O3/c1-11-2-3-13(19-25-21(30-26-19)14-8-15(14)22)7-16(11)24-20(29)17-9-23-18-6-12(10-28)4-5-27(17)18/h2-7,9,14-15,28H,8,10H2,1H3,(H,24,29)/t14-,15-/m1/s1. The molecule has 1 aliphatic rings. The number of aromatic nitrogens is 4. The molecule has 152 valence electrons. The number of rotatable bonds is 5. The van der Waals surface area contributed by atoms with E-state index >= 15 is 0 Å². The van der Waals surface area contributed by atoms with Gasteiger partial charge in [-0.2, -0.15) is 4.98 Å². The highest BCUT2D eigenvalue weighted by Gasteiger charge is 2.43. The van der Waals surface area contributed by atoms with Crippen LogP contribution in [0.5, 0.6) is 0 Å². The van der Waals surface area contributed by atoms with Crippen molar-refractivity contribution >= 4 is 17.2 Å². The third-order valence-corrected chi connectivity index (χ3v) is 5.21. The third kappa shape index (κ3) is 3.22. The van der Waals surface area contributed by atoms with Gasteiger partial charge in [0, 0.05) is 17.4 Å². The van der Waals surface area contributed by atoms with E-state index in [2.05, 4.69) is 20.4 Å². The fraction of sp³-hybridized carbons (Fsp3) is 0.238. The lowest BCUT2D eigenvalue weighted by molar-refractivity contribution is 0.102. The lowest BCUT2D eigenvalue weighted by atomic mass is 10.1. The molecule has 1 aliphatic carbocycles. The van der Waals surface area contributed by atoms with Crippen molar-refractivity contribution in [3.63, 3.8) is 0 Å². The highest BCUT2D eigenvalue weighted by Crippen LogP contribution is 2.43. The Hall–Kier alpha value is -3.59. The Morgan fingerprint density at radius 3 is 2.97 bits per heavy atom. The molecule has 0 spiro atoms. The fourth-order valence-corrected chi connectivity index (χ4v) is 3.29. The number of amides is 1. The van der Waals surface area contributed by atoms with Crippen molar-refractivity contribution in [2.24, 2.45) is 0 Å². The number of fused-ring (bicyclic) bond motifs is 1. The number of carbonyl (C=O) groups is 1. The maximum absolute atomic E-state index is 13.2. The van der Waals surface area contributed by atoms with Crippen LogP contribution in [-0.2, 0) is 6.61 Å². The van der Waals surface area contributed by atoms with Crippen LogP contribution in [-0.4, -0.2) is 36.7 Å². The molecule has 0 aliphatic heterocycles. The monoisotopic (exact) mass is 407 g/mol. The molecule has 3 heterocycles. The van der Waals surface area contributed by atoms with E-state index in [9.17, 15) is 14.3 Å². The van der Waals surface area contributed by atoms with Gasteiger partial charge in [0.25, 0.3) is 5.91 Å². The zero-order chi connectivity index (χ0) is 20.8. The summed E-state index contributed by atoms with van der Waals surface area (Å²) in [5.74, 6) is 0.0199. The van der Waals surface area contributed by atoms with E-state index in [-0.39, 0.29) is 18.4 Å². The molecule has 8 nitrogen and oxygen atoms in total. The fourth-order valence-electron chi connectivity index (χ4n) is 3.29. The molecule has 30 heavy (non-hydrogen) atoms. The first-order chi connectivity index (χ1) is 14.5. The van der Waals surface area contributed by atoms with Gasteiger partial charge in [-0.1, -0.05) is 17.3 Å². The number of aryl methyl sites for hydroxylation is 1. The van der Waals surface area contributed by atoms with E-state index in [1.165, 1.54) is 6.20 Å². The van der Waals surface area contributed by atoms with E-state index < -0.39 is 6.17 Å². The van der Waals surface area contributed by atoms with Crippen LogP contribution in [0.3, 0.4) is 0 Å². The number of hydrogen-bond donors (Lipinski definition) is 2. The van der Waals surface area contributed by atoms with Crippen molar-refractivity contribution in [2.75, 3.05) is 5.32 Å². The van der Waals surface area contributed by atoms with Crippen molar-refractivity contribution in [1.82, 2.24) is 19.5 Å². The molecule has 0 saturated heterocycles. The molecule has 0 radical (unpaired) electrons. The van der Waals surface area contributed by atoms with Crippen LogP contribution in [0.4, 0.5) is 10.1 Å². The average Bonchev–Trinajstić information content (AvgIpc) is 3.15. The first-order valence-corrected chi connectivity index (χ1v) is 9.50. The minimum atomic E-state index is -0.912. The van der Waals surface area contributed by atoms with Gasteiger partial charge in [0.05, 0.1) is 18.7 Å². The summed E-state index contributed by atoms with van der Waals surface area (Å²) in [5, 5.41) is 16.1. The largest absolute Gasteiger partial charge is 0.392 e. The molecule has 2 atom stereocenters. The number of anilines is 1. The predicted octanol–water partition coefficient (Wildman–Crippen LogP) is 3.26. The second kappa shape index (κ2) is 7.03. The van der Waals surface area contributed by atoms with Crippen LogP contribution in [0.2, 0.25) is 0 Å². The van der Waals surface area contributed by atoms with Crippen LogP contribution >= 0.6 is 0 Å². The van der Waals surface area contributed by atoms with E-state index in [0.717, 1.165) is 5.56 Å². The first-order valence-electron chi connectivity index (χ1n) is 9.50. The van der Waals surface area contributed by atoms with E-state index in [4.69, 9.17) is 4.52 Å². The summed E-state index contributed by atoms with van der Waals surface area (Å²) >= 11 is 0. The highest BCUT2D eigenvalue weighted by molar-refractivity contribution is 6.04. The van der Waals surface area contributed by atoms with Crippen LogP contribution < -0.4 is 5.32 Å². The second-order valence-electron chi connectivity index (χ2n) is 7.36.